The van der Waals surface area contributed by atoms with Crippen molar-refractivity contribution in [3.05, 3.63) is 71.3 Å². The van der Waals surface area contributed by atoms with Gasteiger partial charge in [0.2, 0.25) is 0 Å². The second kappa shape index (κ2) is 7.24. The third kappa shape index (κ3) is 4.53. The molecule has 5 heteroatoms. The van der Waals surface area contributed by atoms with Gasteiger partial charge in [-0.15, -0.1) is 0 Å². The molecule has 0 saturated carbocycles. The van der Waals surface area contributed by atoms with Crippen LogP contribution in [0.4, 0.5) is 0 Å². The van der Waals surface area contributed by atoms with E-state index in [9.17, 15) is 13.2 Å². The fourth-order valence-electron chi connectivity index (χ4n) is 2.09. The summed E-state index contributed by atoms with van der Waals surface area (Å²) in [6.07, 6.45) is 2.84. The minimum absolute atomic E-state index is 0.127. The van der Waals surface area contributed by atoms with Crippen molar-refractivity contribution >= 4 is 21.9 Å². The highest BCUT2D eigenvalue weighted by Gasteiger charge is 2.16. The summed E-state index contributed by atoms with van der Waals surface area (Å²) in [7, 11) is -2.15. The molecule has 0 saturated heterocycles. The number of ether oxygens (including phenoxy) is 1. The second-order valence-corrected chi connectivity index (χ2v) is 7.12. The van der Waals surface area contributed by atoms with E-state index in [1.807, 2.05) is 6.92 Å². The van der Waals surface area contributed by atoms with E-state index >= 15 is 0 Å². The average molecular weight is 330 g/mol. The minimum atomic E-state index is -3.45. The number of hydrogen-bond acceptors (Lipinski definition) is 4. The Morgan fingerprint density at radius 3 is 2.39 bits per heavy atom. The van der Waals surface area contributed by atoms with E-state index in [1.165, 1.54) is 13.2 Å². The molecule has 0 amide bonds. The molecule has 0 atom stereocenters. The van der Waals surface area contributed by atoms with Crippen molar-refractivity contribution < 1.29 is 17.9 Å². The number of sulfone groups is 1. The summed E-state index contributed by atoms with van der Waals surface area (Å²) in [5.41, 5.74) is 2.31. The average Bonchev–Trinajstić information content (AvgIpc) is 2.53. The molecule has 0 radical (unpaired) electrons. The first-order valence-electron chi connectivity index (χ1n) is 7.06. The van der Waals surface area contributed by atoms with E-state index in [-0.39, 0.29) is 10.6 Å². The third-order valence-corrected chi connectivity index (χ3v) is 5.06. The van der Waals surface area contributed by atoms with Crippen molar-refractivity contribution in [1.29, 1.82) is 0 Å². The van der Waals surface area contributed by atoms with Gasteiger partial charge < -0.3 is 4.74 Å². The number of carbonyl (C=O) groups excluding carboxylic acids is 1. The third-order valence-electron chi connectivity index (χ3n) is 3.38. The Hall–Kier alpha value is -2.40. The molecular weight excluding hydrogens is 312 g/mol. The summed E-state index contributed by atoms with van der Waals surface area (Å²) in [4.78, 5) is 11.5. The molecule has 0 unspecified atom stereocenters. The first kappa shape index (κ1) is 17.0. The number of carbonyl (C=O) groups is 1. The van der Waals surface area contributed by atoms with Gasteiger partial charge in [0.15, 0.2) is 9.84 Å². The molecule has 0 spiro atoms. The summed E-state index contributed by atoms with van der Waals surface area (Å²) in [5.74, 6) is -0.612. The molecule has 0 aromatic heterocycles. The van der Waals surface area contributed by atoms with Crippen LogP contribution in [0, 0.1) is 6.92 Å². The van der Waals surface area contributed by atoms with Gasteiger partial charge in [-0.25, -0.2) is 13.2 Å². The molecule has 120 valence electrons. The van der Waals surface area contributed by atoms with Crippen LogP contribution < -0.4 is 0 Å². The highest BCUT2D eigenvalue weighted by molar-refractivity contribution is 7.90. The molecule has 0 aliphatic rings. The van der Waals surface area contributed by atoms with E-state index in [0.29, 0.717) is 11.1 Å². The van der Waals surface area contributed by atoms with Crippen molar-refractivity contribution in [3.63, 3.8) is 0 Å². The molecular formula is C18H18O4S. The van der Waals surface area contributed by atoms with Gasteiger partial charge in [-0.1, -0.05) is 42.0 Å². The SMILES string of the molecule is COC(=O)/C=C/c1ccccc1CS(=O)(=O)c1ccc(C)cc1. The van der Waals surface area contributed by atoms with E-state index in [4.69, 9.17) is 0 Å². The number of methoxy groups -OCH3 is 1. The molecule has 2 aromatic carbocycles. The van der Waals surface area contributed by atoms with Gasteiger partial charge >= 0.3 is 5.97 Å². The van der Waals surface area contributed by atoms with Crippen LogP contribution in [0.15, 0.2) is 59.5 Å². The van der Waals surface area contributed by atoms with Gasteiger partial charge in [-0.2, -0.15) is 0 Å². The Balaban J connectivity index is 2.31. The molecule has 2 rings (SSSR count). The molecule has 23 heavy (non-hydrogen) atoms. The Morgan fingerprint density at radius 2 is 1.74 bits per heavy atom. The Kier molecular flexibility index (Phi) is 5.34. The molecule has 0 heterocycles. The van der Waals surface area contributed by atoms with Gasteiger partial charge in [-0.3, -0.25) is 0 Å². The molecule has 0 N–H and O–H groups in total. The summed E-state index contributed by atoms with van der Waals surface area (Å²) in [6.45, 7) is 1.91. The zero-order valence-corrected chi connectivity index (χ0v) is 13.8. The lowest BCUT2D eigenvalue weighted by atomic mass is 10.1. The van der Waals surface area contributed by atoms with Crippen molar-refractivity contribution in [2.75, 3.05) is 7.11 Å². The topological polar surface area (TPSA) is 60.4 Å². The Labute approximate surface area is 136 Å². The van der Waals surface area contributed by atoms with Crippen LogP contribution in [0.5, 0.6) is 0 Å². The van der Waals surface area contributed by atoms with Crippen molar-refractivity contribution in [3.8, 4) is 0 Å². The van der Waals surface area contributed by atoms with E-state index in [2.05, 4.69) is 4.74 Å². The summed E-state index contributed by atoms with van der Waals surface area (Å²) in [5, 5.41) is 0. The second-order valence-electron chi connectivity index (χ2n) is 5.13. The summed E-state index contributed by atoms with van der Waals surface area (Å²) in [6, 6.07) is 13.8. The predicted molar refractivity (Wildman–Crippen MR) is 89.6 cm³/mol. The predicted octanol–water partition coefficient (Wildman–Crippen LogP) is 3.16. The lowest BCUT2D eigenvalue weighted by Gasteiger charge is -2.08. The maximum Gasteiger partial charge on any atom is 0.330 e. The van der Waals surface area contributed by atoms with E-state index < -0.39 is 15.8 Å². The standard InChI is InChI=1S/C18H18O4S/c1-14-7-10-17(11-8-14)23(20,21)13-16-6-4-3-5-15(16)9-12-18(19)22-2/h3-12H,13H2,1-2H3/b12-9+. The maximum absolute atomic E-state index is 12.5. The smallest absolute Gasteiger partial charge is 0.330 e. The summed E-state index contributed by atoms with van der Waals surface area (Å²) >= 11 is 0. The monoisotopic (exact) mass is 330 g/mol. The highest BCUT2D eigenvalue weighted by atomic mass is 32.2. The van der Waals surface area contributed by atoms with E-state index in [1.54, 1.807) is 54.6 Å². The number of rotatable bonds is 5. The fourth-order valence-corrected chi connectivity index (χ4v) is 3.48. The summed E-state index contributed by atoms with van der Waals surface area (Å²) < 4.78 is 29.6. The van der Waals surface area contributed by atoms with Crippen molar-refractivity contribution in [2.24, 2.45) is 0 Å². The molecule has 0 fully saturated rings. The van der Waals surface area contributed by atoms with Gasteiger partial charge in [0, 0.05) is 6.08 Å². The van der Waals surface area contributed by atoms with Gasteiger partial charge in [0.1, 0.15) is 0 Å². The largest absolute Gasteiger partial charge is 0.466 e. The zero-order valence-electron chi connectivity index (χ0n) is 13.0. The highest BCUT2D eigenvalue weighted by Crippen LogP contribution is 2.20. The molecule has 0 aliphatic heterocycles. The van der Waals surface area contributed by atoms with Crippen LogP contribution >= 0.6 is 0 Å². The first-order chi connectivity index (χ1) is 10.9. The number of esters is 1. The Bertz CT molecular complexity index is 818. The fraction of sp³-hybridized carbons (Fsp3) is 0.167. The lowest BCUT2D eigenvalue weighted by Crippen LogP contribution is -2.06. The lowest BCUT2D eigenvalue weighted by molar-refractivity contribution is -0.134. The van der Waals surface area contributed by atoms with Gasteiger partial charge in [-0.05, 0) is 36.3 Å². The van der Waals surface area contributed by atoms with Crippen molar-refractivity contribution in [1.82, 2.24) is 0 Å². The zero-order chi connectivity index (χ0) is 16.9. The quantitative estimate of drug-likeness (QED) is 0.624. The van der Waals surface area contributed by atoms with Crippen molar-refractivity contribution in [2.45, 2.75) is 17.6 Å². The number of aryl methyl sites for hydroxylation is 1. The normalized spacial score (nSPS) is 11.6. The molecule has 0 bridgehead atoms. The van der Waals surface area contributed by atoms with Crippen LogP contribution in [-0.4, -0.2) is 21.5 Å². The molecule has 2 aromatic rings. The van der Waals surface area contributed by atoms with Crippen LogP contribution in [0.25, 0.3) is 6.08 Å². The van der Waals surface area contributed by atoms with Gasteiger partial charge in [0.25, 0.3) is 0 Å². The Morgan fingerprint density at radius 1 is 1.09 bits per heavy atom. The van der Waals surface area contributed by atoms with Crippen LogP contribution in [0.1, 0.15) is 16.7 Å². The van der Waals surface area contributed by atoms with Crippen LogP contribution in [0.3, 0.4) is 0 Å². The molecule has 0 aliphatic carbocycles. The van der Waals surface area contributed by atoms with Gasteiger partial charge in [0.05, 0.1) is 17.8 Å². The van der Waals surface area contributed by atoms with E-state index in [0.717, 1.165) is 5.56 Å². The van der Waals surface area contributed by atoms with Crippen LogP contribution in [0.2, 0.25) is 0 Å². The minimum Gasteiger partial charge on any atom is -0.466 e. The number of hydrogen-bond donors (Lipinski definition) is 0. The number of benzene rings is 2. The van der Waals surface area contributed by atoms with Crippen LogP contribution in [-0.2, 0) is 25.1 Å². The molecule has 4 nitrogen and oxygen atoms in total. The maximum atomic E-state index is 12.5. The first-order valence-corrected chi connectivity index (χ1v) is 8.71.